The molecule has 0 aliphatic heterocycles. The Hall–Kier alpha value is -0.0757. The van der Waals surface area contributed by atoms with Crippen LogP contribution in [0.2, 0.25) is 0 Å². The minimum absolute atomic E-state index is 0. The van der Waals surface area contributed by atoms with Crippen LogP contribution < -0.4 is 0 Å². The molecule has 0 amide bonds. The summed E-state index contributed by atoms with van der Waals surface area (Å²) in [6.45, 7) is 6.25. The van der Waals surface area contributed by atoms with Crippen LogP contribution in [0.25, 0.3) is 0 Å². The first-order chi connectivity index (χ1) is 7.73. The predicted octanol–water partition coefficient (Wildman–Crippen LogP) is 6.35. The quantitative estimate of drug-likeness (QED) is 0.397. The molecule has 0 fully saturated rings. The van der Waals surface area contributed by atoms with Gasteiger partial charge >= 0.3 is 24.8 Å². The summed E-state index contributed by atoms with van der Waals surface area (Å²) in [4.78, 5) is 5.99. The summed E-state index contributed by atoms with van der Waals surface area (Å²) < 4.78 is 0. The Morgan fingerprint density at radius 3 is 1.59 bits per heavy atom. The molecule has 1 aliphatic rings. The van der Waals surface area contributed by atoms with Crippen molar-refractivity contribution in [3.05, 3.63) is 84.5 Å². The predicted molar refractivity (Wildman–Crippen MR) is 109 cm³/mol. The standard InChI is InChI=1S/C5H5.C4H4N.C4H9.4CH3.CH2.2ClH.Ti/c2*1-2-4-5-3-1;1-4(2)3;;;;;;;;/h1-3H,4H2;1-3,5H;1-3H3;4*1H3;1H2;2*1H;/q7*-1;;;;. The molecule has 22 heavy (non-hydrogen) atoms. The number of hydrogen-bond donors (Lipinski definition) is 1. The molecule has 136 valence electrons. The van der Waals surface area contributed by atoms with Crippen molar-refractivity contribution in [2.24, 2.45) is 0 Å². The largest absolute Gasteiger partial charge is 0.484 e. The van der Waals surface area contributed by atoms with Crippen LogP contribution in [0.5, 0.6) is 0 Å². The summed E-state index contributed by atoms with van der Waals surface area (Å²) in [7, 11) is 0. The molecule has 1 nitrogen and oxygen atoms in total. The van der Waals surface area contributed by atoms with Gasteiger partial charge in [-0.3, -0.25) is 6.08 Å². The summed E-state index contributed by atoms with van der Waals surface area (Å²) in [6, 6.07) is 3.71. The van der Waals surface area contributed by atoms with E-state index in [0.717, 1.165) is 6.42 Å². The molecule has 0 aromatic carbocycles. The van der Waals surface area contributed by atoms with Crippen molar-refractivity contribution in [2.45, 2.75) is 27.2 Å². The average Bonchev–Trinajstić information content (AvgIpc) is 2.99. The average molecular weight is 383 g/mol. The number of aromatic amines is 1. The van der Waals surface area contributed by atoms with Crippen LogP contribution >= 0.6 is 24.8 Å². The summed E-state index contributed by atoms with van der Waals surface area (Å²) in [5.74, 6) is 1.42. The molecule has 0 saturated heterocycles. The first-order valence-electron chi connectivity index (χ1n) is 5.06. The van der Waals surface area contributed by atoms with Gasteiger partial charge in [-0.25, -0.2) is 12.2 Å². The minimum atomic E-state index is 0. The molecule has 1 heterocycles. The maximum Gasteiger partial charge on any atom is -0.108 e. The van der Waals surface area contributed by atoms with Gasteiger partial charge in [0.15, 0.2) is 0 Å². The fourth-order valence-corrected chi connectivity index (χ4v) is 0.581. The van der Waals surface area contributed by atoms with Crippen LogP contribution in [0.1, 0.15) is 27.2 Å². The normalized spacial score (nSPS) is 7.59. The zero-order valence-electron chi connectivity index (χ0n) is 15.2. The molecule has 0 atom stereocenters. The Bertz CT molecular complexity index is 228. The summed E-state index contributed by atoms with van der Waals surface area (Å²) in [6.07, 6.45) is 14.6. The smallest absolute Gasteiger partial charge is 0.108 e. The number of halogens is 2. The van der Waals surface area contributed by atoms with E-state index in [0.29, 0.717) is 0 Å². The van der Waals surface area contributed by atoms with E-state index in [1.807, 2.05) is 30.5 Å². The zero-order valence-corrected chi connectivity index (χ0v) is 18.4. The molecule has 0 unspecified atom stereocenters. The molecular weight excluding hydrogens is 349 g/mol. The molecule has 2 rings (SSSR count). The van der Waals surface area contributed by atoms with Crippen LogP contribution in [0.15, 0.2) is 36.6 Å². The van der Waals surface area contributed by atoms with Crippen molar-refractivity contribution in [2.75, 3.05) is 0 Å². The molecule has 4 heteroatoms. The summed E-state index contributed by atoms with van der Waals surface area (Å²) in [5.41, 5.74) is 0. The van der Waals surface area contributed by atoms with Gasteiger partial charge in [0.25, 0.3) is 0 Å². The molecule has 0 spiro atoms. The minimum Gasteiger partial charge on any atom is -0.484 e. The van der Waals surface area contributed by atoms with Crippen LogP contribution in [0.3, 0.4) is 0 Å². The van der Waals surface area contributed by atoms with Crippen molar-refractivity contribution in [3.8, 4) is 0 Å². The molecule has 1 aromatic rings. The van der Waals surface area contributed by atoms with Crippen LogP contribution in [-0.4, -0.2) is 9.80 Å². The fraction of sp³-hybridized carbons (Fsp3) is 0.222. The van der Waals surface area contributed by atoms with Crippen LogP contribution in [-0.2, 0) is 20.0 Å². The Morgan fingerprint density at radius 1 is 1.05 bits per heavy atom. The van der Waals surface area contributed by atoms with Gasteiger partial charge < -0.3 is 40.6 Å². The number of allylic oxidation sites excluding steroid dienone is 4. The first-order valence-corrected chi connectivity index (χ1v) is 6.17. The van der Waals surface area contributed by atoms with E-state index in [-0.39, 0.29) is 54.5 Å². The number of aromatic nitrogens is 1. The molecule has 0 bridgehead atoms. The van der Waals surface area contributed by atoms with Crippen molar-refractivity contribution < 1.29 is 20.0 Å². The third-order valence-electron chi connectivity index (χ3n) is 1.03. The Morgan fingerprint density at radius 2 is 1.50 bits per heavy atom. The third kappa shape index (κ3) is 72.4. The van der Waals surface area contributed by atoms with Crippen molar-refractivity contribution >= 4 is 29.6 Å². The second kappa shape index (κ2) is 49.7. The van der Waals surface area contributed by atoms with E-state index in [1.54, 1.807) is 20.0 Å². The van der Waals surface area contributed by atoms with E-state index in [9.17, 15) is 0 Å². The Labute approximate surface area is 165 Å². The van der Waals surface area contributed by atoms with Gasteiger partial charge in [0.1, 0.15) is 0 Å². The van der Waals surface area contributed by atoms with Gasteiger partial charge in [-0.15, -0.1) is 37.4 Å². The Balaban J connectivity index is -0.0000000188. The topological polar surface area (TPSA) is 15.8 Å². The van der Waals surface area contributed by atoms with Gasteiger partial charge in [-0.2, -0.15) is 45.2 Å². The van der Waals surface area contributed by atoms with Crippen molar-refractivity contribution in [1.82, 2.24) is 4.98 Å². The molecule has 1 N–H and O–H groups in total. The van der Waals surface area contributed by atoms with Gasteiger partial charge in [0.05, 0.1) is 0 Å². The number of H-pyrrole nitrogens is 1. The van der Waals surface area contributed by atoms with Crippen molar-refractivity contribution in [1.29, 1.82) is 0 Å². The molecule has 0 radical (unpaired) electrons. The zero-order chi connectivity index (χ0) is 12.6. The van der Waals surface area contributed by atoms with Gasteiger partial charge in [0.2, 0.25) is 0 Å². The van der Waals surface area contributed by atoms with E-state index < -0.39 is 0 Å². The molecule has 1 aromatic heterocycles. The van der Waals surface area contributed by atoms with Crippen LogP contribution in [0.4, 0.5) is 0 Å². The third-order valence-corrected chi connectivity index (χ3v) is 1.03. The van der Waals surface area contributed by atoms with Crippen molar-refractivity contribution in [3.63, 3.8) is 0 Å². The number of hydrogen-bond acceptors (Lipinski definition) is 0. The van der Waals surface area contributed by atoms with Gasteiger partial charge in [0, 0.05) is 0 Å². The number of nitrogens with one attached hydrogen (secondary N) is 1. The van der Waals surface area contributed by atoms with E-state index >= 15 is 0 Å². The maximum absolute atomic E-state index is 3.25. The van der Waals surface area contributed by atoms with Gasteiger partial charge in [-0.05, 0) is 0 Å². The first kappa shape index (κ1) is 49.5. The summed E-state index contributed by atoms with van der Waals surface area (Å²) in [5, 5.41) is 0. The SMILES string of the molecule is C[C-](C)C.Cl.Cl.[C-]1=CC=CC1.[CH2]=[Ti].[CH3-].[CH3-].[CH3-].[CH3-].[c-]1ccc[nH]1. The monoisotopic (exact) mass is 382 g/mol. The maximum atomic E-state index is 3.25. The Kier molecular flexibility index (Phi) is 112. The van der Waals surface area contributed by atoms with E-state index in [4.69, 9.17) is 0 Å². The molecule has 0 saturated carbocycles. The second-order valence-electron chi connectivity index (χ2n) is 3.32. The van der Waals surface area contributed by atoms with E-state index in [2.05, 4.69) is 48.9 Å². The summed E-state index contributed by atoms with van der Waals surface area (Å²) >= 11 is 1.75. The van der Waals surface area contributed by atoms with E-state index in [1.165, 1.54) is 5.92 Å². The second-order valence-corrected chi connectivity index (χ2v) is 3.32. The number of rotatable bonds is 0. The van der Waals surface area contributed by atoms with Crippen LogP contribution in [0, 0.1) is 47.9 Å². The molecule has 1 aliphatic carbocycles. The van der Waals surface area contributed by atoms with Gasteiger partial charge in [-0.1, -0.05) is 0 Å². The molecular formula is C18H34Cl2NTi-7. The fourth-order valence-electron chi connectivity index (χ4n) is 0.581.